The number of fused-ring (bicyclic) bond motifs is 1. The molecule has 2 N–H and O–H groups in total. The van der Waals surface area contributed by atoms with Gasteiger partial charge in [0.25, 0.3) is 5.91 Å². The van der Waals surface area contributed by atoms with E-state index in [4.69, 9.17) is 21.1 Å². The molecule has 47 heavy (non-hydrogen) atoms. The van der Waals surface area contributed by atoms with Crippen molar-refractivity contribution in [3.05, 3.63) is 98.7 Å². The van der Waals surface area contributed by atoms with Crippen LogP contribution in [0.25, 0.3) is 10.9 Å². The third-order valence-corrected chi connectivity index (χ3v) is 7.55. The Hall–Kier alpha value is -5.24. The number of nitro groups is 1. The fourth-order valence-electron chi connectivity index (χ4n) is 4.37. The summed E-state index contributed by atoms with van der Waals surface area (Å²) in [6.07, 6.45) is -4.52. The molecule has 1 aromatic heterocycles. The van der Waals surface area contributed by atoms with E-state index < -0.39 is 28.2 Å². The van der Waals surface area contributed by atoms with Gasteiger partial charge in [0.05, 0.1) is 33.2 Å². The summed E-state index contributed by atoms with van der Waals surface area (Å²) in [4.78, 5) is 43.0. The first kappa shape index (κ1) is 34.6. The van der Waals surface area contributed by atoms with E-state index in [-0.39, 0.29) is 63.5 Å². The molecule has 1 aliphatic rings. The number of halogens is 4. The van der Waals surface area contributed by atoms with Gasteiger partial charge in [-0.05, 0) is 56.2 Å². The molecular weight excluding hydrogens is 645 g/mol. The lowest BCUT2D eigenvalue weighted by Gasteiger charge is -2.21. The van der Waals surface area contributed by atoms with E-state index in [2.05, 4.69) is 15.3 Å². The zero-order valence-electron chi connectivity index (χ0n) is 25.4. The number of amidine groups is 1. The highest BCUT2D eigenvalue weighted by molar-refractivity contribution is 6.32. The van der Waals surface area contributed by atoms with Crippen LogP contribution in [-0.2, 0) is 11.0 Å². The summed E-state index contributed by atoms with van der Waals surface area (Å²) in [5.41, 5.74) is -1.20. The first-order valence-corrected chi connectivity index (χ1v) is 14.4. The number of pyridine rings is 1. The number of carboxylic acids is 1. The highest BCUT2D eigenvalue weighted by atomic mass is 35.5. The molecule has 2 heterocycles. The molecule has 1 aliphatic heterocycles. The Morgan fingerprint density at radius 1 is 1.11 bits per heavy atom. The van der Waals surface area contributed by atoms with Crippen molar-refractivity contribution >= 4 is 45.9 Å². The summed E-state index contributed by atoms with van der Waals surface area (Å²) < 4.78 is 48.4. The summed E-state index contributed by atoms with van der Waals surface area (Å²) in [6.45, 7) is 7.40. The molecule has 1 atom stereocenters. The molecule has 0 fully saturated rings. The molecule has 3 aromatic carbocycles. The molecule has 246 valence electrons. The monoisotopic (exact) mass is 672 g/mol. The van der Waals surface area contributed by atoms with Gasteiger partial charge in [-0.1, -0.05) is 43.6 Å². The molecule has 0 radical (unpaired) electrons. The highest BCUT2D eigenvalue weighted by Gasteiger charge is 2.43. The van der Waals surface area contributed by atoms with Crippen LogP contribution in [0.2, 0.25) is 5.02 Å². The molecular formula is C32H28ClF3N4O7. The average molecular weight is 673 g/mol. The molecule has 0 bridgehead atoms. The van der Waals surface area contributed by atoms with Crippen molar-refractivity contribution in [2.24, 2.45) is 10.9 Å². The Kier molecular flexibility index (Phi) is 10.0. The van der Waals surface area contributed by atoms with Crippen LogP contribution < -0.4 is 14.8 Å². The number of amides is 1. The summed E-state index contributed by atoms with van der Waals surface area (Å²) in [6, 6.07) is 15.2. The van der Waals surface area contributed by atoms with Gasteiger partial charge in [0.15, 0.2) is 5.84 Å². The Bertz CT molecular complexity index is 1900. The predicted octanol–water partition coefficient (Wildman–Crippen LogP) is 7.68. The van der Waals surface area contributed by atoms with Crippen LogP contribution >= 0.6 is 11.6 Å². The first-order valence-electron chi connectivity index (χ1n) is 14.1. The number of alkyl halides is 3. The van der Waals surface area contributed by atoms with Gasteiger partial charge in [-0.2, -0.15) is 13.2 Å². The fourth-order valence-corrected chi connectivity index (χ4v) is 4.59. The average Bonchev–Trinajstić information content (AvgIpc) is 3.32. The van der Waals surface area contributed by atoms with Gasteiger partial charge in [0, 0.05) is 17.5 Å². The van der Waals surface area contributed by atoms with Gasteiger partial charge in [-0.3, -0.25) is 14.9 Å². The predicted molar refractivity (Wildman–Crippen MR) is 167 cm³/mol. The number of carbonyl (C=O) groups is 2. The van der Waals surface area contributed by atoms with Crippen molar-refractivity contribution in [3.63, 3.8) is 0 Å². The van der Waals surface area contributed by atoms with E-state index in [1.165, 1.54) is 18.2 Å². The number of hydrogen-bond acceptors (Lipinski definition) is 8. The number of nitrogens with zero attached hydrogens (tertiary/aromatic N) is 3. The topological polar surface area (TPSA) is 153 Å². The van der Waals surface area contributed by atoms with Crippen molar-refractivity contribution in [1.29, 1.82) is 0 Å². The second-order valence-corrected chi connectivity index (χ2v) is 11.1. The van der Waals surface area contributed by atoms with Crippen LogP contribution in [0, 0.1) is 16.0 Å². The third-order valence-electron chi connectivity index (χ3n) is 7.25. The number of carbonyl (C=O) groups excluding carboxylic acids is 1. The molecule has 5 rings (SSSR count). The highest BCUT2D eigenvalue weighted by Crippen LogP contribution is 2.38. The van der Waals surface area contributed by atoms with Crippen molar-refractivity contribution in [3.8, 4) is 17.2 Å². The van der Waals surface area contributed by atoms with Crippen molar-refractivity contribution in [2.75, 3.05) is 6.61 Å². The number of nitro benzene ring substituents is 1. The third kappa shape index (κ3) is 7.60. The van der Waals surface area contributed by atoms with Gasteiger partial charge in [0.1, 0.15) is 22.7 Å². The van der Waals surface area contributed by atoms with Crippen LogP contribution in [-0.4, -0.2) is 44.9 Å². The van der Waals surface area contributed by atoms with E-state index in [0.29, 0.717) is 5.52 Å². The molecule has 1 unspecified atom stereocenters. The molecule has 1 amide bonds. The van der Waals surface area contributed by atoms with Crippen molar-refractivity contribution in [1.82, 2.24) is 10.3 Å². The number of benzene rings is 3. The maximum Gasteiger partial charge on any atom is 0.416 e. The van der Waals surface area contributed by atoms with Gasteiger partial charge < -0.3 is 19.9 Å². The van der Waals surface area contributed by atoms with E-state index in [9.17, 15) is 38.0 Å². The standard InChI is InChI=1S/C17H17N3O3.C15H11ClF3NO4/c1-9(2)17(3)16(23)19-14(20-17)13-11(15(21)22)8-10-6-4-5-7-12(10)18-13;1-2-23-14-8-10(4-5-12(14)20(21)22)24-13-6-3-9(7-11(13)16)15(17,18)19/h4-9H,1-3H3,(H,21,22)(H,19,20,23);3-8H,2H2,1H3. The number of para-hydroxylation sites is 1. The first-order chi connectivity index (χ1) is 22.0. The van der Waals surface area contributed by atoms with Crippen LogP contribution in [0.5, 0.6) is 17.2 Å². The maximum absolute atomic E-state index is 12.6. The lowest BCUT2D eigenvalue weighted by Crippen LogP contribution is -2.41. The van der Waals surface area contributed by atoms with Gasteiger partial charge in [0.2, 0.25) is 5.75 Å². The number of rotatable bonds is 8. The lowest BCUT2D eigenvalue weighted by molar-refractivity contribution is -0.385. The van der Waals surface area contributed by atoms with Crippen LogP contribution in [0.1, 0.15) is 49.3 Å². The molecule has 11 nitrogen and oxygen atoms in total. The van der Waals surface area contributed by atoms with E-state index >= 15 is 0 Å². The molecule has 0 saturated carbocycles. The number of hydrogen-bond donors (Lipinski definition) is 2. The van der Waals surface area contributed by atoms with E-state index in [1.54, 1.807) is 32.0 Å². The van der Waals surface area contributed by atoms with Gasteiger partial charge in [-0.25, -0.2) is 14.8 Å². The normalized spacial score (nSPS) is 15.9. The number of aliphatic imine (C=N–C) groups is 1. The SMILES string of the molecule is CC(C)C1(C)N=C(c2nc3ccccc3cc2C(=O)O)NC1=O.CCOc1cc(Oc2ccc(C(F)(F)F)cc2Cl)ccc1[N+](=O)[O-]. The van der Waals surface area contributed by atoms with Crippen molar-refractivity contribution in [2.45, 2.75) is 39.4 Å². The lowest BCUT2D eigenvalue weighted by atomic mass is 9.89. The second-order valence-electron chi connectivity index (χ2n) is 10.7. The molecule has 0 spiro atoms. The minimum absolute atomic E-state index is 0.0111. The Morgan fingerprint density at radius 2 is 1.81 bits per heavy atom. The minimum Gasteiger partial charge on any atom is -0.487 e. The molecule has 0 saturated heterocycles. The Balaban J connectivity index is 0.000000213. The van der Waals surface area contributed by atoms with Crippen LogP contribution in [0.4, 0.5) is 18.9 Å². The van der Waals surface area contributed by atoms with E-state index in [0.717, 1.165) is 23.6 Å². The maximum atomic E-state index is 12.6. The largest absolute Gasteiger partial charge is 0.487 e. The molecule has 0 aliphatic carbocycles. The number of ether oxygens (including phenoxy) is 2. The quantitative estimate of drug-likeness (QED) is 0.143. The minimum atomic E-state index is -4.52. The number of nitrogens with one attached hydrogen (secondary N) is 1. The molecule has 15 heteroatoms. The summed E-state index contributed by atoms with van der Waals surface area (Å²) in [5, 5.41) is 23.6. The van der Waals surface area contributed by atoms with Gasteiger partial charge >= 0.3 is 17.8 Å². The molecule has 4 aromatic rings. The second kappa shape index (κ2) is 13.6. The zero-order valence-corrected chi connectivity index (χ0v) is 26.1. The van der Waals surface area contributed by atoms with Gasteiger partial charge in [-0.15, -0.1) is 0 Å². The fraction of sp³-hybridized carbons (Fsp3) is 0.250. The smallest absolute Gasteiger partial charge is 0.416 e. The van der Waals surface area contributed by atoms with Crippen LogP contribution in [0.15, 0.2) is 71.7 Å². The number of aromatic nitrogens is 1. The van der Waals surface area contributed by atoms with Crippen LogP contribution in [0.3, 0.4) is 0 Å². The van der Waals surface area contributed by atoms with Crippen molar-refractivity contribution < 1.29 is 42.3 Å². The summed E-state index contributed by atoms with van der Waals surface area (Å²) in [7, 11) is 0. The number of aromatic carboxylic acids is 1. The van der Waals surface area contributed by atoms with E-state index in [1.807, 2.05) is 26.0 Å². The zero-order chi connectivity index (χ0) is 34.7. The Labute approximate surface area is 271 Å². The number of carboxylic acid groups (broad SMARTS) is 1. The summed E-state index contributed by atoms with van der Waals surface area (Å²) in [5.74, 6) is -1.03. The summed E-state index contributed by atoms with van der Waals surface area (Å²) >= 11 is 5.80. The Morgan fingerprint density at radius 3 is 2.38 bits per heavy atom.